The normalized spacial score (nSPS) is 19.5. The van der Waals surface area contributed by atoms with Gasteiger partial charge in [-0.3, -0.25) is 0 Å². The van der Waals surface area contributed by atoms with Crippen LogP contribution in [0, 0.1) is 5.92 Å². The van der Waals surface area contributed by atoms with Crippen molar-refractivity contribution in [1.29, 1.82) is 0 Å². The van der Waals surface area contributed by atoms with Gasteiger partial charge in [0.15, 0.2) is 0 Å². The molecule has 1 atom stereocenters. The van der Waals surface area contributed by atoms with Gasteiger partial charge in [-0.05, 0) is 44.1 Å². The van der Waals surface area contributed by atoms with Crippen molar-refractivity contribution >= 4 is 17.3 Å². The Balaban J connectivity index is 2.09. The van der Waals surface area contributed by atoms with Crippen LogP contribution in [0.4, 0.5) is 5.69 Å². The Morgan fingerprint density at radius 2 is 2.25 bits per heavy atom. The molecule has 0 bridgehead atoms. The van der Waals surface area contributed by atoms with E-state index in [1.807, 2.05) is 12.1 Å². The quantitative estimate of drug-likeness (QED) is 0.871. The minimum Gasteiger partial charge on any atom is -0.373 e. The summed E-state index contributed by atoms with van der Waals surface area (Å²) in [4.78, 5) is 4.74. The molecule has 1 unspecified atom stereocenters. The van der Waals surface area contributed by atoms with E-state index in [1.54, 1.807) is 0 Å². The lowest BCUT2D eigenvalue weighted by atomic mass is 10.1. The molecule has 1 saturated heterocycles. The Bertz CT molecular complexity index is 436. The van der Waals surface area contributed by atoms with Crippen molar-refractivity contribution < 1.29 is 0 Å². The molecular formula is C16H26ClN3. The number of nitrogens with one attached hydrogen (secondary N) is 1. The fourth-order valence-electron chi connectivity index (χ4n) is 3.04. The monoisotopic (exact) mass is 295 g/mol. The van der Waals surface area contributed by atoms with E-state index in [0.29, 0.717) is 0 Å². The summed E-state index contributed by atoms with van der Waals surface area (Å²) >= 11 is 6.44. The number of benzene rings is 1. The van der Waals surface area contributed by atoms with Crippen LogP contribution < -0.4 is 10.2 Å². The summed E-state index contributed by atoms with van der Waals surface area (Å²) in [5, 5.41) is 4.25. The van der Waals surface area contributed by atoms with Gasteiger partial charge in [-0.15, -0.1) is 0 Å². The van der Waals surface area contributed by atoms with E-state index < -0.39 is 0 Å². The molecule has 0 saturated carbocycles. The van der Waals surface area contributed by atoms with Gasteiger partial charge in [0.2, 0.25) is 0 Å². The maximum atomic E-state index is 6.44. The molecule has 3 nitrogen and oxygen atoms in total. The minimum atomic E-state index is 0.744. The van der Waals surface area contributed by atoms with Gasteiger partial charge in [0, 0.05) is 26.7 Å². The zero-order valence-electron chi connectivity index (χ0n) is 12.8. The summed E-state index contributed by atoms with van der Waals surface area (Å²) in [7, 11) is 4.36. The molecule has 1 fully saturated rings. The standard InChI is InChI=1S/C16H26ClN3/c1-4-18-10-14-6-5-7-15(17)16(14)20(3)12-13-8-9-19(2)11-13/h5-7,13,18H,4,8-12H2,1-3H3. The smallest absolute Gasteiger partial charge is 0.0642 e. The molecule has 1 aliphatic heterocycles. The first-order chi connectivity index (χ1) is 9.61. The van der Waals surface area contributed by atoms with Crippen LogP contribution in [0.25, 0.3) is 0 Å². The van der Waals surface area contributed by atoms with Crippen molar-refractivity contribution in [2.75, 3.05) is 45.2 Å². The Morgan fingerprint density at radius 1 is 1.45 bits per heavy atom. The average Bonchev–Trinajstić information content (AvgIpc) is 2.81. The van der Waals surface area contributed by atoms with E-state index in [-0.39, 0.29) is 0 Å². The molecule has 20 heavy (non-hydrogen) atoms. The lowest BCUT2D eigenvalue weighted by Gasteiger charge is -2.26. The highest BCUT2D eigenvalue weighted by Crippen LogP contribution is 2.30. The van der Waals surface area contributed by atoms with Crippen molar-refractivity contribution in [3.8, 4) is 0 Å². The zero-order chi connectivity index (χ0) is 14.5. The molecule has 0 spiro atoms. The van der Waals surface area contributed by atoms with Crippen LogP contribution in [0.1, 0.15) is 18.9 Å². The fraction of sp³-hybridized carbons (Fsp3) is 0.625. The number of para-hydroxylation sites is 1. The first kappa shape index (κ1) is 15.6. The molecule has 1 N–H and O–H groups in total. The molecule has 2 rings (SSSR count). The van der Waals surface area contributed by atoms with E-state index in [4.69, 9.17) is 11.6 Å². The Labute approximate surface area is 127 Å². The summed E-state index contributed by atoms with van der Waals surface area (Å²) in [5.74, 6) is 0.744. The van der Waals surface area contributed by atoms with Crippen molar-refractivity contribution in [3.63, 3.8) is 0 Å². The third kappa shape index (κ3) is 3.87. The van der Waals surface area contributed by atoms with E-state index >= 15 is 0 Å². The van der Waals surface area contributed by atoms with Crippen LogP contribution in [0.15, 0.2) is 18.2 Å². The molecule has 0 amide bonds. The Hall–Kier alpha value is -0.770. The predicted octanol–water partition coefficient (Wildman–Crippen LogP) is 2.84. The van der Waals surface area contributed by atoms with E-state index in [0.717, 1.165) is 30.6 Å². The molecule has 0 aromatic heterocycles. The highest BCUT2D eigenvalue weighted by Gasteiger charge is 2.22. The van der Waals surface area contributed by atoms with E-state index in [9.17, 15) is 0 Å². The SMILES string of the molecule is CCNCc1cccc(Cl)c1N(C)CC1CCN(C)C1. The van der Waals surface area contributed by atoms with E-state index in [2.05, 4.69) is 42.2 Å². The number of rotatable bonds is 6. The highest BCUT2D eigenvalue weighted by molar-refractivity contribution is 6.33. The second kappa shape index (κ2) is 7.30. The van der Waals surface area contributed by atoms with Crippen LogP contribution in [0.3, 0.4) is 0 Å². The predicted molar refractivity (Wildman–Crippen MR) is 87.7 cm³/mol. The third-order valence-electron chi connectivity index (χ3n) is 4.04. The van der Waals surface area contributed by atoms with Gasteiger partial charge in [0.25, 0.3) is 0 Å². The number of hydrogen-bond donors (Lipinski definition) is 1. The molecule has 0 radical (unpaired) electrons. The van der Waals surface area contributed by atoms with Crippen molar-refractivity contribution in [3.05, 3.63) is 28.8 Å². The van der Waals surface area contributed by atoms with Gasteiger partial charge in [0.05, 0.1) is 10.7 Å². The summed E-state index contributed by atoms with van der Waals surface area (Å²) < 4.78 is 0. The first-order valence-corrected chi connectivity index (χ1v) is 7.87. The molecule has 1 aliphatic rings. The molecule has 1 aromatic rings. The Morgan fingerprint density at radius 3 is 2.90 bits per heavy atom. The number of nitrogens with zero attached hydrogens (tertiary/aromatic N) is 2. The topological polar surface area (TPSA) is 18.5 Å². The molecule has 0 aliphatic carbocycles. The summed E-state index contributed by atoms with van der Waals surface area (Å²) in [6.45, 7) is 7.46. The lowest BCUT2D eigenvalue weighted by molar-refractivity contribution is 0.396. The third-order valence-corrected chi connectivity index (χ3v) is 4.34. The van der Waals surface area contributed by atoms with Crippen molar-refractivity contribution in [2.45, 2.75) is 19.9 Å². The van der Waals surface area contributed by atoms with E-state index in [1.165, 1.54) is 30.8 Å². The number of hydrogen-bond acceptors (Lipinski definition) is 3. The summed E-state index contributed by atoms with van der Waals surface area (Å²) in [6, 6.07) is 6.19. The van der Waals surface area contributed by atoms with Gasteiger partial charge in [0.1, 0.15) is 0 Å². The number of likely N-dealkylation sites (tertiary alicyclic amines) is 1. The molecule has 4 heteroatoms. The lowest BCUT2D eigenvalue weighted by Crippen LogP contribution is -2.28. The maximum Gasteiger partial charge on any atom is 0.0642 e. The Kier molecular flexibility index (Phi) is 5.70. The molecule has 1 heterocycles. The molecular weight excluding hydrogens is 270 g/mol. The zero-order valence-corrected chi connectivity index (χ0v) is 13.6. The average molecular weight is 296 g/mol. The van der Waals surface area contributed by atoms with Crippen LogP contribution in [0.2, 0.25) is 5.02 Å². The largest absolute Gasteiger partial charge is 0.373 e. The fourth-order valence-corrected chi connectivity index (χ4v) is 3.38. The second-order valence-corrected chi connectivity index (χ2v) is 6.23. The van der Waals surface area contributed by atoms with Gasteiger partial charge in [-0.25, -0.2) is 0 Å². The van der Waals surface area contributed by atoms with Crippen LogP contribution in [-0.2, 0) is 6.54 Å². The van der Waals surface area contributed by atoms with Gasteiger partial charge in [-0.1, -0.05) is 30.7 Å². The molecule has 1 aromatic carbocycles. The summed E-state index contributed by atoms with van der Waals surface area (Å²) in [5.41, 5.74) is 2.47. The van der Waals surface area contributed by atoms with Crippen LogP contribution in [-0.4, -0.2) is 45.2 Å². The highest BCUT2D eigenvalue weighted by atomic mass is 35.5. The van der Waals surface area contributed by atoms with Gasteiger partial charge >= 0.3 is 0 Å². The van der Waals surface area contributed by atoms with Gasteiger partial charge in [-0.2, -0.15) is 0 Å². The van der Waals surface area contributed by atoms with Crippen LogP contribution in [0.5, 0.6) is 0 Å². The maximum absolute atomic E-state index is 6.44. The summed E-state index contributed by atoms with van der Waals surface area (Å²) in [6.07, 6.45) is 1.29. The number of anilines is 1. The van der Waals surface area contributed by atoms with Crippen LogP contribution >= 0.6 is 11.6 Å². The first-order valence-electron chi connectivity index (χ1n) is 7.49. The number of halogens is 1. The van der Waals surface area contributed by atoms with Crippen molar-refractivity contribution in [2.24, 2.45) is 5.92 Å². The van der Waals surface area contributed by atoms with Gasteiger partial charge < -0.3 is 15.1 Å². The minimum absolute atomic E-state index is 0.744. The van der Waals surface area contributed by atoms with Crippen molar-refractivity contribution in [1.82, 2.24) is 10.2 Å². The second-order valence-electron chi connectivity index (χ2n) is 5.83. The molecule has 112 valence electrons.